The zero-order valence-corrected chi connectivity index (χ0v) is 66.0. The topological polar surface area (TPSA) is 340 Å². The number of benzene rings is 8. The fraction of sp³-hybridized carbons (Fsp3) is 0.322. The molecule has 2 aliphatic carbocycles. The number of fused-ring (bicyclic) bond motifs is 6. The van der Waals surface area contributed by atoms with E-state index in [-0.39, 0.29) is 126 Å². The molecule has 8 aromatic rings. The Hall–Kier alpha value is -12.6. The van der Waals surface area contributed by atoms with Crippen molar-refractivity contribution < 1.29 is 85.2 Å². The third kappa shape index (κ3) is 20.6. The Kier molecular flexibility index (Phi) is 27.6. The Morgan fingerprint density at radius 3 is 1.19 bits per heavy atom. The number of nitrogens with one attached hydrogen (secondary N) is 5. The lowest BCUT2D eigenvalue weighted by molar-refractivity contribution is -0.153. The predicted octanol–water partition coefficient (Wildman–Crippen LogP) is 10.5. The average molecular weight is 1630 g/mol. The van der Waals surface area contributed by atoms with Crippen LogP contribution in [0.1, 0.15) is 101 Å². The van der Waals surface area contributed by atoms with Crippen LogP contribution in [0.4, 0.5) is 57.3 Å². The molecule has 118 heavy (non-hydrogen) atoms. The minimum Gasteiger partial charge on any atom is -0.459 e. The smallest absolute Gasteiger partial charge is 0.414 e. The Labute approximate surface area is 685 Å². The van der Waals surface area contributed by atoms with Crippen molar-refractivity contribution in [3.63, 3.8) is 0 Å². The number of amides is 5. The van der Waals surface area contributed by atoms with Gasteiger partial charge in [0.1, 0.15) is 42.7 Å². The molecule has 5 amide bonds. The highest BCUT2D eigenvalue weighted by atomic mass is 35.5. The molecule has 4 saturated heterocycles. The van der Waals surface area contributed by atoms with Gasteiger partial charge in [-0.25, -0.2) is 43.6 Å². The highest BCUT2D eigenvalue weighted by Crippen LogP contribution is 2.46. The second-order valence-corrected chi connectivity index (χ2v) is 29.8. The lowest BCUT2D eigenvalue weighted by atomic mass is 9.98. The lowest BCUT2D eigenvalue weighted by Crippen LogP contribution is -2.49. The van der Waals surface area contributed by atoms with Gasteiger partial charge in [0, 0.05) is 119 Å². The van der Waals surface area contributed by atoms with Crippen molar-refractivity contribution in [1.82, 2.24) is 26.0 Å². The molecule has 4 heterocycles. The fourth-order valence-corrected chi connectivity index (χ4v) is 14.9. The number of cyclic esters (lactones) is 2. The van der Waals surface area contributed by atoms with Crippen molar-refractivity contribution in [3.8, 4) is 22.3 Å². The average Bonchev–Trinajstić information content (AvgIpc) is 1.62. The van der Waals surface area contributed by atoms with Crippen molar-refractivity contribution in [3.05, 3.63) is 227 Å². The molecular formula is C87H91ClF2N12O16. The van der Waals surface area contributed by atoms with Crippen LogP contribution in [0.15, 0.2) is 182 Å². The molecule has 7 N–H and O–H groups in total. The van der Waals surface area contributed by atoms with E-state index in [1.54, 1.807) is 103 Å². The molecule has 6 aliphatic rings. The van der Waals surface area contributed by atoms with E-state index in [2.05, 4.69) is 27.0 Å². The van der Waals surface area contributed by atoms with Crippen molar-refractivity contribution >= 4 is 112 Å². The number of hydrogen-bond acceptors (Lipinski definition) is 23. The fourth-order valence-electron chi connectivity index (χ4n) is 14.9. The molecule has 0 saturated carbocycles. The summed E-state index contributed by atoms with van der Waals surface area (Å²) in [5, 5.41) is 2.58. The number of Topliss-reactive ketones (excluding diaryl/α,β-unsaturated/α-hetero) is 4. The van der Waals surface area contributed by atoms with Gasteiger partial charge < -0.3 is 65.2 Å². The van der Waals surface area contributed by atoms with Crippen LogP contribution in [0, 0.1) is 11.6 Å². The molecule has 14 rings (SSSR count). The number of esters is 2. The van der Waals surface area contributed by atoms with E-state index >= 15 is 8.78 Å². The van der Waals surface area contributed by atoms with Gasteiger partial charge in [-0.15, -0.1) is 12.4 Å². The standard InChI is InChI=1S/C46H49FN6O9.C41H41FN6O7.ClH/c1-46(2,3)62-44(58)48-25-32-27-53(45(59)61-32)31-16-17-39(38(47)24-31)51-20-22-52(23-21-51)42(56)19-18-40(54)29-12-14-30(15-13-29)50-49-26-41(55)43(57)60-28-37-35-10-6-4-8-33(35)34-9-5-7-11-36(34)37;42-35-21-28(48-24-29(22-43)55-41(48)53)13-14-36(35)46-17-19-47(20-18-46)39(51)16-15-37(49)26-9-11-27(12-10-26)45-44-23-38(50)40(52)54-25-34-32-7-3-1-5-30(32)31-6-2-4-8-33(31)34;/h4-17,24,32,37,49-50H,18-23,25-28H2,1-3H3,(H,48,58);1-14,21,29,34,44-45H,15-20,22-25,43H2;1H/t32-;29-;/m00./s1. The molecule has 28 nitrogen and oxygen atoms in total. The van der Waals surface area contributed by atoms with E-state index in [1.165, 1.54) is 21.9 Å². The van der Waals surface area contributed by atoms with Crippen LogP contribution in [0.2, 0.25) is 0 Å². The predicted molar refractivity (Wildman–Crippen MR) is 439 cm³/mol. The highest BCUT2D eigenvalue weighted by molar-refractivity contribution is 6.35. The molecule has 8 aromatic carbocycles. The van der Waals surface area contributed by atoms with Crippen LogP contribution < -0.4 is 52.4 Å². The van der Waals surface area contributed by atoms with Gasteiger partial charge in [-0.3, -0.25) is 38.6 Å². The first kappa shape index (κ1) is 84.7. The summed E-state index contributed by atoms with van der Waals surface area (Å²) in [5.41, 5.74) is 28.0. The van der Waals surface area contributed by atoms with E-state index in [0.717, 1.165) is 44.5 Å². The van der Waals surface area contributed by atoms with Gasteiger partial charge in [-0.1, -0.05) is 97.1 Å². The summed E-state index contributed by atoms with van der Waals surface area (Å²) in [6, 6.07) is 53.9. The Balaban J connectivity index is 0.000000217. The number of alkyl carbamates (subject to hydrolysis) is 1. The van der Waals surface area contributed by atoms with Crippen LogP contribution in [0.5, 0.6) is 0 Å². The highest BCUT2D eigenvalue weighted by Gasteiger charge is 2.37. The van der Waals surface area contributed by atoms with Gasteiger partial charge >= 0.3 is 30.2 Å². The second kappa shape index (κ2) is 38.4. The summed E-state index contributed by atoms with van der Waals surface area (Å²) in [4.78, 5) is 148. The number of ether oxygens (including phenoxy) is 5. The van der Waals surface area contributed by atoms with Crippen LogP contribution >= 0.6 is 12.4 Å². The molecule has 0 aromatic heterocycles. The van der Waals surface area contributed by atoms with E-state index in [4.69, 9.17) is 29.4 Å². The molecule has 4 fully saturated rings. The van der Waals surface area contributed by atoms with E-state index < -0.39 is 71.2 Å². The molecule has 31 heteroatoms. The maximum atomic E-state index is 15.4. The van der Waals surface area contributed by atoms with Crippen LogP contribution in [0.3, 0.4) is 0 Å². The molecule has 0 unspecified atom stereocenters. The first-order chi connectivity index (χ1) is 56.4. The molecular weight excluding hydrogens is 1540 g/mol. The molecule has 0 radical (unpaired) electrons. The number of piperazine rings is 2. The van der Waals surface area contributed by atoms with Crippen molar-refractivity contribution in [2.45, 2.75) is 76.1 Å². The number of hydrogen-bond donors (Lipinski definition) is 6. The minimum atomic E-state index is -0.936. The van der Waals surface area contributed by atoms with E-state index in [1.807, 2.05) is 107 Å². The summed E-state index contributed by atoms with van der Waals surface area (Å²) >= 11 is 0. The van der Waals surface area contributed by atoms with Gasteiger partial charge in [0.2, 0.25) is 11.8 Å². The number of carbonyl (C=O) groups excluding carboxylic acids is 11. The van der Waals surface area contributed by atoms with E-state index in [9.17, 15) is 52.7 Å². The summed E-state index contributed by atoms with van der Waals surface area (Å²) in [5.74, 6) is -5.41. The normalized spacial score (nSPS) is 16.0. The molecule has 2 atom stereocenters. The number of ketones is 4. The number of anilines is 6. The van der Waals surface area contributed by atoms with Crippen LogP contribution in [0.25, 0.3) is 22.3 Å². The minimum absolute atomic E-state index is 0. The zero-order chi connectivity index (χ0) is 82.4. The molecule has 4 aliphatic heterocycles. The second-order valence-electron chi connectivity index (χ2n) is 29.8. The zero-order valence-electron chi connectivity index (χ0n) is 65.2. The number of nitrogens with zero attached hydrogens (tertiary/aromatic N) is 6. The third-order valence-corrected chi connectivity index (χ3v) is 21.0. The van der Waals surface area contributed by atoms with Gasteiger partial charge in [0.15, 0.2) is 11.6 Å². The van der Waals surface area contributed by atoms with Gasteiger partial charge in [-0.2, -0.15) is 0 Å². The number of carbonyl (C=O) groups is 11. The third-order valence-electron chi connectivity index (χ3n) is 21.0. The first-order valence-electron chi connectivity index (χ1n) is 38.7. The maximum absolute atomic E-state index is 15.4. The Morgan fingerprint density at radius 2 is 0.839 bits per heavy atom. The van der Waals surface area contributed by atoms with Gasteiger partial charge in [0.25, 0.3) is 11.6 Å². The molecule has 616 valence electrons. The Bertz CT molecular complexity index is 4990. The van der Waals surface area contributed by atoms with Crippen LogP contribution in [-0.2, 0) is 52.5 Å². The number of hydrazine groups is 2. The SMILES string of the molecule is CC(C)(C)OC(=O)NC[C@H]1CN(c2ccc(N3CCN(C(=O)CCC(=O)c4ccc(NNCC(=O)C(=O)OCC5c6ccccc6-c6ccccc65)cc4)CC3)c(F)c2)C(=O)O1.Cl.NC[C@H]1CN(c2ccc(N3CCN(C(=O)CCC(=O)c4ccc(NNCC(=O)C(=O)OCC5c6ccccc6-c6ccccc65)cc4)CC3)c(F)c2)C(=O)O1. The Morgan fingerprint density at radius 1 is 0.475 bits per heavy atom. The van der Waals surface area contributed by atoms with Gasteiger partial charge in [-0.05, 0) is 150 Å². The molecule has 0 bridgehead atoms. The number of halogens is 3. The van der Waals surface area contributed by atoms with Crippen molar-refractivity contribution in [2.24, 2.45) is 5.73 Å². The van der Waals surface area contributed by atoms with Crippen molar-refractivity contribution in [1.29, 1.82) is 0 Å². The summed E-state index contributed by atoms with van der Waals surface area (Å²) < 4.78 is 57.1. The largest absolute Gasteiger partial charge is 0.459 e. The van der Waals surface area contributed by atoms with Gasteiger partial charge in [0.05, 0.1) is 55.5 Å². The summed E-state index contributed by atoms with van der Waals surface area (Å²) in [6.45, 7) is 8.33. The van der Waals surface area contributed by atoms with Crippen LogP contribution in [-0.4, -0.2) is 198 Å². The summed E-state index contributed by atoms with van der Waals surface area (Å²) in [7, 11) is 0. The quantitative estimate of drug-likeness (QED) is 0.00834. The number of rotatable bonds is 29. The number of nitrogens with two attached hydrogens (primary N) is 1. The maximum Gasteiger partial charge on any atom is 0.414 e. The first-order valence-corrected chi connectivity index (χ1v) is 38.7. The molecule has 0 spiro atoms. The summed E-state index contributed by atoms with van der Waals surface area (Å²) in [6.07, 6.45) is -2.82. The monoisotopic (exact) mass is 1630 g/mol. The van der Waals surface area contributed by atoms with Crippen molar-refractivity contribution in [2.75, 3.05) is 135 Å². The lowest BCUT2D eigenvalue weighted by Gasteiger charge is -2.36. The van der Waals surface area contributed by atoms with E-state index in [0.29, 0.717) is 97.6 Å².